The van der Waals surface area contributed by atoms with Crippen molar-refractivity contribution in [2.24, 2.45) is 0 Å². The summed E-state index contributed by atoms with van der Waals surface area (Å²) in [5, 5.41) is 1.43. The SMILES string of the molecule is O=Cc1ccc(Cl)c(C=CCBr)c1. The van der Waals surface area contributed by atoms with Crippen LogP contribution in [0.25, 0.3) is 6.08 Å². The van der Waals surface area contributed by atoms with Gasteiger partial charge in [-0.2, -0.15) is 0 Å². The largest absolute Gasteiger partial charge is 0.298 e. The molecule has 0 bridgehead atoms. The summed E-state index contributed by atoms with van der Waals surface area (Å²) in [4.78, 5) is 10.5. The molecule has 0 spiro atoms. The first-order chi connectivity index (χ1) is 6.27. The molecule has 3 heteroatoms. The van der Waals surface area contributed by atoms with E-state index in [1.54, 1.807) is 18.2 Å². The van der Waals surface area contributed by atoms with Gasteiger partial charge >= 0.3 is 0 Å². The van der Waals surface area contributed by atoms with Gasteiger partial charge in [-0.3, -0.25) is 4.79 Å². The fourth-order valence-corrected chi connectivity index (χ4v) is 1.30. The monoisotopic (exact) mass is 258 g/mol. The van der Waals surface area contributed by atoms with Gasteiger partial charge in [0.05, 0.1) is 0 Å². The number of carbonyl (C=O) groups excluding carboxylic acids is 1. The zero-order valence-corrected chi connectivity index (χ0v) is 9.18. The first-order valence-corrected chi connectivity index (χ1v) is 5.25. The summed E-state index contributed by atoms with van der Waals surface area (Å²) in [5.41, 5.74) is 1.50. The van der Waals surface area contributed by atoms with Crippen molar-refractivity contribution in [1.82, 2.24) is 0 Å². The average molecular weight is 260 g/mol. The van der Waals surface area contributed by atoms with Crippen LogP contribution in [0.2, 0.25) is 5.02 Å². The van der Waals surface area contributed by atoms with Crippen molar-refractivity contribution in [3.63, 3.8) is 0 Å². The van der Waals surface area contributed by atoms with E-state index in [1.807, 2.05) is 12.2 Å². The molecule has 1 nitrogen and oxygen atoms in total. The van der Waals surface area contributed by atoms with Crippen LogP contribution >= 0.6 is 27.5 Å². The Bertz CT molecular complexity index is 334. The number of halogens is 2. The topological polar surface area (TPSA) is 17.1 Å². The first-order valence-electron chi connectivity index (χ1n) is 3.75. The summed E-state index contributed by atoms with van der Waals surface area (Å²) in [6, 6.07) is 5.18. The number of alkyl halides is 1. The predicted molar refractivity (Wildman–Crippen MR) is 59.7 cm³/mol. The van der Waals surface area contributed by atoms with Gasteiger partial charge in [-0.25, -0.2) is 0 Å². The molecule has 0 aliphatic heterocycles. The molecule has 1 aromatic carbocycles. The molecular formula is C10H8BrClO. The van der Waals surface area contributed by atoms with Crippen LogP contribution in [0.15, 0.2) is 24.3 Å². The Morgan fingerprint density at radius 1 is 1.46 bits per heavy atom. The molecule has 0 saturated carbocycles. The summed E-state index contributed by atoms with van der Waals surface area (Å²) in [7, 11) is 0. The van der Waals surface area contributed by atoms with Gasteiger partial charge in [-0.05, 0) is 17.7 Å². The molecule has 1 aromatic rings. The summed E-state index contributed by atoms with van der Waals surface area (Å²) in [6.07, 6.45) is 4.61. The van der Waals surface area contributed by atoms with Crippen LogP contribution in [0.5, 0.6) is 0 Å². The molecular weight excluding hydrogens is 251 g/mol. The third kappa shape index (κ3) is 2.98. The van der Waals surface area contributed by atoms with E-state index in [0.717, 1.165) is 17.2 Å². The van der Waals surface area contributed by atoms with Crippen LogP contribution in [0, 0.1) is 0 Å². The highest BCUT2D eigenvalue weighted by atomic mass is 79.9. The van der Waals surface area contributed by atoms with Crippen molar-refractivity contribution >= 4 is 39.9 Å². The normalized spacial score (nSPS) is 10.6. The zero-order valence-electron chi connectivity index (χ0n) is 6.84. The molecule has 0 N–H and O–H groups in total. The van der Waals surface area contributed by atoms with Crippen LogP contribution in [0.1, 0.15) is 15.9 Å². The Kier molecular flexibility index (Phi) is 4.19. The van der Waals surface area contributed by atoms with E-state index in [-0.39, 0.29) is 0 Å². The van der Waals surface area contributed by atoms with E-state index in [1.165, 1.54) is 0 Å². The molecule has 0 atom stereocenters. The molecule has 0 aromatic heterocycles. The predicted octanol–water partition coefficient (Wildman–Crippen LogP) is 3.56. The van der Waals surface area contributed by atoms with Gasteiger partial charge in [0.1, 0.15) is 6.29 Å². The maximum atomic E-state index is 10.5. The molecule has 68 valence electrons. The van der Waals surface area contributed by atoms with Crippen molar-refractivity contribution in [1.29, 1.82) is 0 Å². The Balaban J connectivity index is 3.03. The molecule has 0 heterocycles. The lowest BCUT2D eigenvalue weighted by Gasteiger charge is -1.98. The molecule has 0 aliphatic rings. The average Bonchev–Trinajstić information content (AvgIpc) is 2.17. The lowest BCUT2D eigenvalue weighted by molar-refractivity contribution is 0.112. The fourth-order valence-electron chi connectivity index (χ4n) is 0.935. The molecule has 0 saturated heterocycles. The van der Waals surface area contributed by atoms with E-state index in [4.69, 9.17) is 11.6 Å². The van der Waals surface area contributed by atoms with Crippen LogP contribution in [0.4, 0.5) is 0 Å². The zero-order chi connectivity index (χ0) is 9.68. The van der Waals surface area contributed by atoms with Crippen molar-refractivity contribution in [3.05, 3.63) is 40.4 Å². The standard InChI is InChI=1S/C10H8BrClO/c11-5-1-2-9-6-8(7-13)3-4-10(9)12/h1-4,6-7H,5H2. The van der Waals surface area contributed by atoms with Gasteiger partial charge in [0.2, 0.25) is 0 Å². The second-order valence-electron chi connectivity index (χ2n) is 2.46. The Labute approximate surface area is 90.5 Å². The van der Waals surface area contributed by atoms with Crippen LogP contribution in [-0.4, -0.2) is 11.6 Å². The highest BCUT2D eigenvalue weighted by Gasteiger charge is 1.97. The number of hydrogen-bond acceptors (Lipinski definition) is 1. The minimum atomic E-state index is 0.638. The lowest BCUT2D eigenvalue weighted by atomic mass is 10.1. The van der Waals surface area contributed by atoms with Gasteiger partial charge in [0, 0.05) is 15.9 Å². The molecule has 0 fully saturated rings. The summed E-state index contributed by atoms with van der Waals surface area (Å²) in [5.74, 6) is 0. The van der Waals surface area contributed by atoms with E-state index < -0.39 is 0 Å². The van der Waals surface area contributed by atoms with Gasteiger partial charge in [-0.15, -0.1) is 0 Å². The molecule has 0 unspecified atom stereocenters. The van der Waals surface area contributed by atoms with E-state index in [2.05, 4.69) is 15.9 Å². The molecule has 0 aliphatic carbocycles. The highest BCUT2D eigenvalue weighted by molar-refractivity contribution is 9.09. The second-order valence-corrected chi connectivity index (χ2v) is 3.51. The van der Waals surface area contributed by atoms with E-state index >= 15 is 0 Å². The van der Waals surface area contributed by atoms with Crippen LogP contribution in [-0.2, 0) is 0 Å². The van der Waals surface area contributed by atoms with Gasteiger partial charge < -0.3 is 0 Å². The van der Waals surface area contributed by atoms with Gasteiger partial charge in [0.25, 0.3) is 0 Å². The fraction of sp³-hybridized carbons (Fsp3) is 0.100. The Morgan fingerprint density at radius 3 is 2.85 bits per heavy atom. The third-order valence-electron chi connectivity index (χ3n) is 1.54. The quantitative estimate of drug-likeness (QED) is 0.599. The maximum Gasteiger partial charge on any atom is 0.150 e. The number of rotatable bonds is 3. The molecule has 0 radical (unpaired) electrons. The number of aldehydes is 1. The molecule has 0 amide bonds. The highest BCUT2D eigenvalue weighted by Crippen LogP contribution is 2.18. The van der Waals surface area contributed by atoms with Crippen molar-refractivity contribution < 1.29 is 4.79 Å². The Morgan fingerprint density at radius 2 is 2.23 bits per heavy atom. The first kappa shape index (κ1) is 10.5. The summed E-state index contributed by atoms with van der Waals surface area (Å²) in [6.45, 7) is 0. The van der Waals surface area contributed by atoms with Crippen LogP contribution < -0.4 is 0 Å². The lowest BCUT2D eigenvalue weighted by Crippen LogP contribution is -1.82. The van der Waals surface area contributed by atoms with Crippen molar-refractivity contribution in [2.75, 3.05) is 5.33 Å². The maximum absolute atomic E-state index is 10.5. The number of hydrogen-bond donors (Lipinski definition) is 0. The van der Waals surface area contributed by atoms with Crippen LogP contribution in [0.3, 0.4) is 0 Å². The minimum absolute atomic E-state index is 0.638. The molecule has 13 heavy (non-hydrogen) atoms. The molecule has 1 rings (SSSR count). The van der Waals surface area contributed by atoms with Gasteiger partial charge in [-0.1, -0.05) is 45.7 Å². The minimum Gasteiger partial charge on any atom is -0.298 e. The number of allylic oxidation sites excluding steroid dienone is 1. The van der Waals surface area contributed by atoms with E-state index in [9.17, 15) is 4.79 Å². The van der Waals surface area contributed by atoms with E-state index in [0.29, 0.717) is 10.6 Å². The van der Waals surface area contributed by atoms with Gasteiger partial charge in [0.15, 0.2) is 0 Å². The summed E-state index contributed by atoms with van der Waals surface area (Å²) < 4.78 is 0. The summed E-state index contributed by atoms with van der Waals surface area (Å²) >= 11 is 9.17. The van der Waals surface area contributed by atoms with Crippen molar-refractivity contribution in [2.45, 2.75) is 0 Å². The third-order valence-corrected chi connectivity index (χ3v) is 2.26. The smallest absolute Gasteiger partial charge is 0.150 e. The Hall–Kier alpha value is -0.600. The number of benzene rings is 1. The van der Waals surface area contributed by atoms with Crippen molar-refractivity contribution in [3.8, 4) is 0 Å². The number of carbonyl (C=O) groups is 1. The second kappa shape index (κ2) is 5.20.